The van der Waals surface area contributed by atoms with E-state index in [0.717, 1.165) is 12.8 Å². The van der Waals surface area contributed by atoms with Crippen molar-refractivity contribution in [1.82, 2.24) is 5.32 Å². The number of hydrogen-bond acceptors (Lipinski definition) is 1. The third-order valence-corrected chi connectivity index (χ3v) is 1.35. The topological polar surface area (TPSA) is 12.0 Å². The molecule has 1 N–H and O–H groups in total. The first kappa shape index (κ1) is 9.63. The van der Waals surface area contributed by atoms with Crippen molar-refractivity contribution in [1.29, 1.82) is 0 Å². The molecule has 0 saturated heterocycles. The summed E-state index contributed by atoms with van der Waals surface area (Å²) in [5, 5.41) is 2.79. The first-order valence-electron chi connectivity index (χ1n) is 3.70. The number of allylic oxidation sites excluding steroid dienone is 1. The fourth-order valence-electron chi connectivity index (χ4n) is 0.807. The van der Waals surface area contributed by atoms with Crippen molar-refractivity contribution < 1.29 is 4.39 Å². The number of alkyl halides is 1. The Balaban J connectivity index is 3.04. The minimum Gasteiger partial charge on any atom is -0.317 e. The van der Waals surface area contributed by atoms with Gasteiger partial charge in [-0.3, -0.25) is 0 Å². The van der Waals surface area contributed by atoms with Crippen molar-refractivity contribution in [2.45, 2.75) is 25.4 Å². The van der Waals surface area contributed by atoms with Gasteiger partial charge in [-0.1, -0.05) is 6.08 Å². The summed E-state index contributed by atoms with van der Waals surface area (Å²) >= 11 is 0. The molecule has 1 nitrogen and oxygen atoms in total. The maximum Gasteiger partial charge on any atom is 0.112 e. The van der Waals surface area contributed by atoms with Crippen LogP contribution >= 0.6 is 0 Å². The largest absolute Gasteiger partial charge is 0.317 e. The second-order valence-corrected chi connectivity index (χ2v) is 2.37. The van der Waals surface area contributed by atoms with Gasteiger partial charge in [-0.05, 0) is 26.3 Å². The van der Waals surface area contributed by atoms with Crippen LogP contribution in [0.2, 0.25) is 0 Å². The van der Waals surface area contributed by atoms with Gasteiger partial charge >= 0.3 is 0 Å². The average Bonchev–Trinajstić information content (AvgIpc) is 1.89. The van der Waals surface area contributed by atoms with Crippen LogP contribution in [-0.2, 0) is 0 Å². The Morgan fingerprint density at radius 2 is 2.40 bits per heavy atom. The van der Waals surface area contributed by atoms with E-state index < -0.39 is 6.17 Å². The summed E-state index contributed by atoms with van der Waals surface area (Å²) in [6, 6.07) is 0. The highest BCUT2D eigenvalue weighted by Gasteiger charge is 2.02. The van der Waals surface area contributed by atoms with Crippen molar-refractivity contribution in [3.8, 4) is 0 Å². The maximum atomic E-state index is 12.6. The third-order valence-electron chi connectivity index (χ3n) is 1.35. The molecule has 0 aliphatic heterocycles. The van der Waals surface area contributed by atoms with E-state index in [1.807, 2.05) is 6.08 Å². The van der Waals surface area contributed by atoms with E-state index in [-0.39, 0.29) is 0 Å². The van der Waals surface area contributed by atoms with Crippen LogP contribution in [0.5, 0.6) is 0 Å². The molecule has 60 valence electrons. The van der Waals surface area contributed by atoms with E-state index in [1.165, 1.54) is 0 Å². The lowest BCUT2D eigenvalue weighted by molar-refractivity contribution is 0.302. The minimum atomic E-state index is -0.690. The molecule has 0 radical (unpaired) electrons. The van der Waals surface area contributed by atoms with Crippen LogP contribution in [-0.4, -0.2) is 19.8 Å². The summed E-state index contributed by atoms with van der Waals surface area (Å²) < 4.78 is 12.6. The van der Waals surface area contributed by atoms with Crippen LogP contribution in [0.4, 0.5) is 4.39 Å². The van der Waals surface area contributed by atoms with Crippen LogP contribution in [0.25, 0.3) is 0 Å². The summed E-state index contributed by atoms with van der Waals surface area (Å²) in [6.07, 6.45) is 3.61. The Kier molecular flexibility index (Phi) is 6.50. The Morgan fingerprint density at radius 1 is 1.70 bits per heavy atom. The predicted octanol–water partition coefficient (Wildman–Crippen LogP) is 1.90. The van der Waals surface area contributed by atoms with E-state index in [9.17, 15) is 4.39 Å². The highest BCUT2D eigenvalue weighted by molar-refractivity contribution is 4.67. The Bertz CT molecular complexity index is 83.3. The lowest BCUT2D eigenvalue weighted by Crippen LogP contribution is -2.19. The van der Waals surface area contributed by atoms with Gasteiger partial charge in [0.1, 0.15) is 6.17 Å². The second kappa shape index (κ2) is 6.75. The molecule has 0 amide bonds. The summed E-state index contributed by atoms with van der Waals surface area (Å²) in [4.78, 5) is 0. The average molecular weight is 145 g/mol. The number of hydrogen-bond donors (Lipinski definition) is 1. The summed E-state index contributed by atoms with van der Waals surface area (Å²) in [5.74, 6) is 0. The van der Waals surface area contributed by atoms with Crippen molar-refractivity contribution in [2.24, 2.45) is 0 Å². The molecule has 0 saturated carbocycles. The fourth-order valence-corrected chi connectivity index (χ4v) is 0.807. The number of nitrogens with one attached hydrogen (secondary N) is 1. The van der Waals surface area contributed by atoms with E-state index in [1.54, 1.807) is 7.05 Å². The molecular weight excluding hydrogens is 129 g/mol. The van der Waals surface area contributed by atoms with Gasteiger partial charge < -0.3 is 5.32 Å². The highest BCUT2D eigenvalue weighted by Crippen LogP contribution is 2.03. The van der Waals surface area contributed by atoms with Crippen molar-refractivity contribution in [3.05, 3.63) is 12.7 Å². The summed E-state index contributed by atoms with van der Waals surface area (Å²) in [6.45, 7) is 4.03. The molecule has 0 bridgehead atoms. The molecule has 0 rings (SSSR count). The van der Waals surface area contributed by atoms with Gasteiger partial charge in [0.25, 0.3) is 0 Å². The van der Waals surface area contributed by atoms with Gasteiger partial charge in [0.05, 0.1) is 0 Å². The molecule has 0 aromatic heterocycles. The molecule has 0 heterocycles. The third kappa shape index (κ3) is 5.76. The summed E-state index contributed by atoms with van der Waals surface area (Å²) in [5.41, 5.74) is 0. The highest BCUT2D eigenvalue weighted by atomic mass is 19.1. The zero-order valence-corrected chi connectivity index (χ0v) is 6.57. The SMILES string of the molecule is C=CCCC[C@@H](F)CNC. The molecule has 10 heavy (non-hydrogen) atoms. The molecule has 0 unspecified atom stereocenters. The molecule has 2 heteroatoms. The van der Waals surface area contributed by atoms with Gasteiger partial charge in [-0.15, -0.1) is 6.58 Å². The maximum absolute atomic E-state index is 12.6. The zero-order chi connectivity index (χ0) is 7.82. The van der Waals surface area contributed by atoms with Crippen LogP contribution in [0.1, 0.15) is 19.3 Å². The van der Waals surface area contributed by atoms with Gasteiger partial charge in [0.15, 0.2) is 0 Å². The van der Waals surface area contributed by atoms with Gasteiger partial charge in [-0.25, -0.2) is 4.39 Å². The number of rotatable bonds is 6. The Labute approximate surface area is 62.3 Å². The van der Waals surface area contributed by atoms with Crippen LogP contribution < -0.4 is 5.32 Å². The van der Waals surface area contributed by atoms with E-state index >= 15 is 0 Å². The number of halogens is 1. The quantitative estimate of drug-likeness (QED) is 0.444. The monoisotopic (exact) mass is 145 g/mol. The van der Waals surface area contributed by atoms with Gasteiger partial charge in [0, 0.05) is 6.54 Å². The van der Waals surface area contributed by atoms with Crippen molar-refractivity contribution >= 4 is 0 Å². The predicted molar refractivity (Wildman–Crippen MR) is 42.9 cm³/mol. The minimum absolute atomic E-state index is 0.469. The number of unbranched alkanes of at least 4 members (excludes halogenated alkanes) is 1. The first-order valence-corrected chi connectivity index (χ1v) is 3.70. The lowest BCUT2D eigenvalue weighted by Gasteiger charge is -2.04. The molecule has 1 atom stereocenters. The van der Waals surface area contributed by atoms with Crippen molar-refractivity contribution in [2.75, 3.05) is 13.6 Å². The molecule has 0 aliphatic rings. The van der Waals surface area contributed by atoms with Crippen LogP contribution in [0.3, 0.4) is 0 Å². The zero-order valence-electron chi connectivity index (χ0n) is 6.57. The van der Waals surface area contributed by atoms with Gasteiger partial charge in [-0.2, -0.15) is 0 Å². The molecule has 0 aliphatic carbocycles. The van der Waals surface area contributed by atoms with Crippen LogP contribution in [0, 0.1) is 0 Å². The standard InChI is InChI=1S/C8H16FN/c1-3-4-5-6-8(9)7-10-2/h3,8,10H,1,4-7H2,2H3/t8-/m1/s1. The van der Waals surface area contributed by atoms with Crippen molar-refractivity contribution in [3.63, 3.8) is 0 Å². The van der Waals surface area contributed by atoms with E-state index in [0.29, 0.717) is 13.0 Å². The molecule has 0 aromatic carbocycles. The van der Waals surface area contributed by atoms with E-state index in [2.05, 4.69) is 11.9 Å². The fraction of sp³-hybridized carbons (Fsp3) is 0.750. The first-order chi connectivity index (χ1) is 4.81. The molecule has 0 spiro atoms. The molecule has 0 aromatic rings. The smallest absolute Gasteiger partial charge is 0.112 e. The Hall–Kier alpha value is -0.370. The molecule has 0 fully saturated rings. The van der Waals surface area contributed by atoms with E-state index in [4.69, 9.17) is 0 Å². The summed E-state index contributed by atoms with van der Waals surface area (Å²) in [7, 11) is 1.76. The van der Waals surface area contributed by atoms with Crippen LogP contribution in [0.15, 0.2) is 12.7 Å². The lowest BCUT2D eigenvalue weighted by atomic mass is 10.2. The second-order valence-electron chi connectivity index (χ2n) is 2.37. The molecular formula is C8H16FN. The van der Waals surface area contributed by atoms with Gasteiger partial charge in [0.2, 0.25) is 0 Å². The normalized spacial score (nSPS) is 13.0. The Morgan fingerprint density at radius 3 is 2.90 bits per heavy atom.